The molecule has 4 aromatic rings. The number of anilines is 5. The van der Waals surface area contributed by atoms with Crippen LogP contribution in [-0.2, 0) is 17.1 Å². The average Bonchev–Trinajstić information content (AvgIpc) is 3.18. The van der Waals surface area contributed by atoms with Crippen LogP contribution in [0, 0.1) is 13.8 Å². The maximum Gasteiger partial charge on any atom is 0.280 e. The molecule has 9 nitrogen and oxygen atoms in total. The molecule has 0 saturated heterocycles. The van der Waals surface area contributed by atoms with Crippen LogP contribution in [0.2, 0.25) is 0 Å². The molecule has 2 heterocycles. The van der Waals surface area contributed by atoms with Gasteiger partial charge >= 0.3 is 0 Å². The van der Waals surface area contributed by atoms with E-state index in [-0.39, 0.29) is 5.03 Å². The van der Waals surface area contributed by atoms with Crippen molar-refractivity contribution in [3.05, 3.63) is 78.4 Å². The van der Waals surface area contributed by atoms with Gasteiger partial charge in [-0.1, -0.05) is 17.7 Å². The molecular formula is C22H23N7O2S. The maximum absolute atomic E-state index is 12.4. The zero-order valence-corrected chi connectivity index (χ0v) is 18.7. The molecule has 2 aromatic heterocycles. The van der Waals surface area contributed by atoms with Gasteiger partial charge in [-0.25, -0.2) is 9.97 Å². The van der Waals surface area contributed by atoms with E-state index in [0.717, 1.165) is 17.1 Å². The number of hydrogen-bond acceptors (Lipinski definition) is 7. The third kappa shape index (κ3) is 5.22. The number of aryl methyl sites for hydroxylation is 3. The summed E-state index contributed by atoms with van der Waals surface area (Å²) in [5.41, 5.74) is 4.06. The Balaban J connectivity index is 1.46. The molecule has 0 atom stereocenters. The first-order chi connectivity index (χ1) is 15.3. The Hall–Kier alpha value is -3.92. The van der Waals surface area contributed by atoms with Crippen molar-refractivity contribution in [1.82, 2.24) is 19.5 Å². The molecular weight excluding hydrogens is 426 g/mol. The Morgan fingerprint density at radius 2 is 1.47 bits per heavy atom. The highest BCUT2D eigenvalue weighted by Gasteiger charge is 2.17. The molecule has 164 valence electrons. The summed E-state index contributed by atoms with van der Waals surface area (Å²) < 4.78 is 28.9. The SMILES string of the molecule is Cc1ccc(Nc2nc(C)cc(Nc3ccc(NS(=O)(=O)c4cn(C)cn4)cc3)n2)cc1. The number of hydrogen-bond donors (Lipinski definition) is 3. The topological polar surface area (TPSA) is 114 Å². The molecule has 2 aromatic carbocycles. The molecule has 0 bridgehead atoms. The first-order valence-electron chi connectivity index (χ1n) is 9.84. The lowest BCUT2D eigenvalue weighted by molar-refractivity contribution is 0.598. The summed E-state index contributed by atoms with van der Waals surface area (Å²) in [5, 5.41) is 6.39. The van der Waals surface area contributed by atoms with Crippen molar-refractivity contribution in [2.24, 2.45) is 7.05 Å². The Labute approximate surface area is 186 Å². The van der Waals surface area contributed by atoms with E-state index < -0.39 is 10.0 Å². The van der Waals surface area contributed by atoms with Crippen LogP contribution in [0.25, 0.3) is 0 Å². The van der Waals surface area contributed by atoms with Gasteiger partial charge in [-0.2, -0.15) is 13.4 Å². The smallest absolute Gasteiger partial charge is 0.280 e. The fourth-order valence-corrected chi connectivity index (χ4v) is 4.00. The molecule has 3 N–H and O–H groups in total. The van der Waals surface area contributed by atoms with Crippen molar-refractivity contribution >= 4 is 38.9 Å². The summed E-state index contributed by atoms with van der Waals surface area (Å²) in [6.45, 7) is 3.92. The normalized spacial score (nSPS) is 11.2. The van der Waals surface area contributed by atoms with E-state index in [4.69, 9.17) is 0 Å². The molecule has 0 fully saturated rings. The minimum atomic E-state index is -3.74. The van der Waals surface area contributed by atoms with Gasteiger partial charge in [-0.15, -0.1) is 0 Å². The lowest BCUT2D eigenvalue weighted by atomic mass is 10.2. The largest absolute Gasteiger partial charge is 0.340 e. The summed E-state index contributed by atoms with van der Waals surface area (Å²) in [6.07, 6.45) is 2.88. The van der Waals surface area contributed by atoms with Gasteiger partial charge in [0.15, 0.2) is 5.03 Å². The quantitative estimate of drug-likeness (QED) is 0.389. The molecule has 4 rings (SSSR count). The number of nitrogens with zero attached hydrogens (tertiary/aromatic N) is 4. The van der Waals surface area contributed by atoms with Gasteiger partial charge in [0.2, 0.25) is 5.95 Å². The number of benzene rings is 2. The highest BCUT2D eigenvalue weighted by Crippen LogP contribution is 2.22. The van der Waals surface area contributed by atoms with E-state index in [1.165, 1.54) is 18.1 Å². The lowest BCUT2D eigenvalue weighted by Gasteiger charge is -2.11. The number of rotatable bonds is 7. The van der Waals surface area contributed by atoms with E-state index in [1.807, 2.05) is 44.2 Å². The molecule has 32 heavy (non-hydrogen) atoms. The number of aromatic nitrogens is 4. The van der Waals surface area contributed by atoms with Gasteiger partial charge in [0.1, 0.15) is 5.82 Å². The molecule has 0 aliphatic rings. The molecule has 0 radical (unpaired) electrons. The molecule has 0 spiro atoms. The van der Waals surface area contributed by atoms with Crippen molar-refractivity contribution in [2.45, 2.75) is 18.9 Å². The Kier molecular flexibility index (Phi) is 5.78. The molecule has 0 unspecified atom stereocenters. The van der Waals surface area contributed by atoms with Gasteiger partial charge in [0, 0.05) is 42.1 Å². The monoisotopic (exact) mass is 449 g/mol. The summed E-state index contributed by atoms with van der Waals surface area (Å²) in [5.74, 6) is 1.10. The highest BCUT2D eigenvalue weighted by molar-refractivity contribution is 7.92. The van der Waals surface area contributed by atoms with E-state index in [9.17, 15) is 8.42 Å². The van der Waals surface area contributed by atoms with Gasteiger partial charge in [0.25, 0.3) is 10.0 Å². The average molecular weight is 450 g/mol. The summed E-state index contributed by atoms with van der Waals surface area (Å²) in [4.78, 5) is 12.8. The van der Waals surface area contributed by atoms with Crippen LogP contribution in [0.3, 0.4) is 0 Å². The fraction of sp³-hybridized carbons (Fsp3) is 0.136. The van der Waals surface area contributed by atoms with Crippen LogP contribution < -0.4 is 15.4 Å². The number of nitrogens with one attached hydrogen (secondary N) is 3. The van der Waals surface area contributed by atoms with E-state index >= 15 is 0 Å². The second-order valence-electron chi connectivity index (χ2n) is 7.39. The zero-order valence-electron chi connectivity index (χ0n) is 17.9. The second-order valence-corrected chi connectivity index (χ2v) is 9.02. The maximum atomic E-state index is 12.4. The zero-order chi connectivity index (χ0) is 22.7. The van der Waals surface area contributed by atoms with Crippen molar-refractivity contribution in [2.75, 3.05) is 15.4 Å². The minimum Gasteiger partial charge on any atom is -0.340 e. The Morgan fingerprint density at radius 3 is 2.12 bits per heavy atom. The van der Waals surface area contributed by atoms with Crippen molar-refractivity contribution in [3.8, 4) is 0 Å². The standard InChI is InChI=1S/C22H23N7O2S/c1-15-4-6-18(7-5-15)26-22-24-16(2)12-20(27-22)25-17-8-10-19(11-9-17)28-32(30,31)21-13-29(3)14-23-21/h4-14,28H,1-3H3,(H2,24,25,26,27). The van der Waals surface area contributed by atoms with E-state index in [1.54, 1.807) is 35.9 Å². The van der Waals surface area contributed by atoms with Crippen LogP contribution in [0.1, 0.15) is 11.3 Å². The lowest BCUT2D eigenvalue weighted by Crippen LogP contribution is -2.13. The van der Waals surface area contributed by atoms with Crippen molar-refractivity contribution < 1.29 is 8.42 Å². The number of imidazole rings is 1. The summed E-state index contributed by atoms with van der Waals surface area (Å²) >= 11 is 0. The van der Waals surface area contributed by atoms with E-state index in [2.05, 4.69) is 30.3 Å². The van der Waals surface area contributed by atoms with Crippen LogP contribution in [-0.4, -0.2) is 27.9 Å². The van der Waals surface area contributed by atoms with Crippen LogP contribution in [0.15, 0.2) is 72.1 Å². The third-order valence-corrected chi connectivity index (χ3v) is 5.79. The predicted octanol–water partition coefficient (Wildman–Crippen LogP) is 4.11. The van der Waals surface area contributed by atoms with Crippen LogP contribution in [0.4, 0.5) is 28.8 Å². The van der Waals surface area contributed by atoms with Crippen LogP contribution in [0.5, 0.6) is 0 Å². The minimum absolute atomic E-state index is 0.0349. The Bertz CT molecular complexity index is 1330. The molecule has 10 heteroatoms. The van der Waals surface area contributed by atoms with E-state index in [0.29, 0.717) is 17.5 Å². The predicted molar refractivity (Wildman–Crippen MR) is 125 cm³/mol. The summed E-state index contributed by atoms with van der Waals surface area (Å²) in [7, 11) is -2.03. The molecule has 0 aliphatic heterocycles. The van der Waals surface area contributed by atoms with Crippen LogP contribution >= 0.6 is 0 Å². The number of sulfonamides is 1. The first-order valence-corrected chi connectivity index (χ1v) is 11.3. The fourth-order valence-electron chi connectivity index (χ4n) is 2.96. The highest BCUT2D eigenvalue weighted by atomic mass is 32.2. The Morgan fingerprint density at radius 1 is 0.844 bits per heavy atom. The second kappa shape index (κ2) is 8.67. The molecule has 0 aliphatic carbocycles. The van der Waals surface area contributed by atoms with Gasteiger partial charge in [0.05, 0.1) is 6.33 Å². The van der Waals surface area contributed by atoms with Gasteiger partial charge in [-0.3, -0.25) is 4.72 Å². The summed E-state index contributed by atoms with van der Waals surface area (Å²) in [6, 6.07) is 16.7. The molecule has 0 saturated carbocycles. The van der Waals surface area contributed by atoms with Crippen molar-refractivity contribution in [1.29, 1.82) is 0 Å². The van der Waals surface area contributed by atoms with Gasteiger partial charge in [-0.05, 0) is 50.2 Å². The van der Waals surface area contributed by atoms with Gasteiger partial charge < -0.3 is 15.2 Å². The third-order valence-electron chi connectivity index (χ3n) is 4.53. The molecule has 0 amide bonds. The van der Waals surface area contributed by atoms with Crippen molar-refractivity contribution in [3.63, 3.8) is 0 Å². The first kappa shape index (κ1) is 21.3.